The molecule has 0 radical (unpaired) electrons. The van der Waals surface area contributed by atoms with Crippen LogP contribution in [-0.4, -0.2) is 35.0 Å². The van der Waals surface area contributed by atoms with Gasteiger partial charge in [0.2, 0.25) is 0 Å². The molecule has 1 aromatic carbocycles. The molecule has 0 N–H and O–H groups in total. The summed E-state index contributed by atoms with van der Waals surface area (Å²) in [6.45, 7) is 1.88. The number of amides is 1. The highest BCUT2D eigenvalue weighted by Gasteiger charge is 2.27. The maximum absolute atomic E-state index is 13.4. The zero-order valence-corrected chi connectivity index (χ0v) is 15.6. The number of rotatable bonds is 4. The van der Waals surface area contributed by atoms with Crippen molar-refractivity contribution in [2.45, 2.75) is 51.1 Å². The Balaban J connectivity index is 1.60. The zero-order chi connectivity index (χ0) is 18.5. The predicted octanol–water partition coefficient (Wildman–Crippen LogP) is 4.22. The molecule has 1 aliphatic heterocycles. The van der Waals surface area contributed by atoms with Crippen LogP contribution >= 0.6 is 0 Å². The predicted molar refractivity (Wildman–Crippen MR) is 103 cm³/mol. The minimum absolute atomic E-state index is 0.0642. The van der Waals surface area contributed by atoms with Crippen LogP contribution in [0.5, 0.6) is 11.5 Å². The normalized spacial score (nSPS) is 17.2. The largest absolute Gasteiger partial charge is 0.490 e. The molecule has 1 amide bonds. The zero-order valence-electron chi connectivity index (χ0n) is 15.6. The summed E-state index contributed by atoms with van der Waals surface area (Å²) >= 11 is 0. The van der Waals surface area contributed by atoms with E-state index in [9.17, 15) is 4.79 Å². The second-order valence-electron chi connectivity index (χ2n) is 7.29. The lowest BCUT2D eigenvalue weighted by molar-refractivity contribution is 0.0613. The van der Waals surface area contributed by atoms with Gasteiger partial charge in [-0.3, -0.25) is 9.78 Å². The highest BCUT2D eigenvalue weighted by Crippen LogP contribution is 2.32. The SMILES string of the molecule is O=C(c1ccc2c(c1)OCCCO2)N(Cc1ccncc1)C1CCCCC1. The summed E-state index contributed by atoms with van der Waals surface area (Å²) in [6, 6.07) is 9.81. The fourth-order valence-electron chi connectivity index (χ4n) is 3.91. The van der Waals surface area contributed by atoms with E-state index in [1.807, 2.05) is 35.2 Å². The van der Waals surface area contributed by atoms with Gasteiger partial charge >= 0.3 is 0 Å². The molecule has 2 aliphatic rings. The summed E-state index contributed by atoms with van der Waals surface area (Å²) in [6.07, 6.45) is 10.2. The molecule has 0 atom stereocenters. The summed E-state index contributed by atoms with van der Waals surface area (Å²) in [5.41, 5.74) is 1.78. The lowest BCUT2D eigenvalue weighted by atomic mass is 9.93. The number of hydrogen-bond acceptors (Lipinski definition) is 4. The molecule has 0 unspecified atom stereocenters. The van der Waals surface area contributed by atoms with Gasteiger partial charge in [0.15, 0.2) is 11.5 Å². The van der Waals surface area contributed by atoms with E-state index in [0.29, 0.717) is 31.1 Å². The van der Waals surface area contributed by atoms with Gasteiger partial charge < -0.3 is 14.4 Å². The van der Waals surface area contributed by atoms with E-state index in [4.69, 9.17) is 9.47 Å². The van der Waals surface area contributed by atoms with Gasteiger partial charge in [-0.05, 0) is 48.7 Å². The molecule has 1 saturated carbocycles. The molecule has 1 fully saturated rings. The van der Waals surface area contributed by atoms with Gasteiger partial charge in [-0.25, -0.2) is 0 Å². The van der Waals surface area contributed by atoms with Gasteiger partial charge in [-0.2, -0.15) is 0 Å². The first-order valence-electron chi connectivity index (χ1n) is 9.91. The number of pyridine rings is 1. The van der Waals surface area contributed by atoms with E-state index < -0.39 is 0 Å². The Kier molecular flexibility index (Phi) is 5.56. The first-order chi connectivity index (χ1) is 13.3. The molecule has 1 aromatic heterocycles. The molecule has 1 aliphatic carbocycles. The van der Waals surface area contributed by atoms with E-state index in [0.717, 1.165) is 30.6 Å². The fraction of sp³-hybridized carbons (Fsp3) is 0.455. The van der Waals surface area contributed by atoms with Gasteiger partial charge in [-0.1, -0.05) is 19.3 Å². The van der Waals surface area contributed by atoms with Crippen molar-refractivity contribution in [3.05, 3.63) is 53.9 Å². The van der Waals surface area contributed by atoms with Gasteiger partial charge in [0.1, 0.15) is 0 Å². The van der Waals surface area contributed by atoms with Crippen molar-refractivity contribution in [2.75, 3.05) is 13.2 Å². The highest BCUT2D eigenvalue weighted by molar-refractivity contribution is 5.95. The van der Waals surface area contributed by atoms with Crippen LogP contribution in [0.15, 0.2) is 42.7 Å². The quantitative estimate of drug-likeness (QED) is 0.813. The smallest absolute Gasteiger partial charge is 0.254 e. The van der Waals surface area contributed by atoms with Crippen molar-refractivity contribution in [1.29, 1.82) is 0 Å². The number of hydrogen-bond donors (Lipinski definition) is 0. The van der Waals surface area contributed by atoms with Gasteiger partial charge in [0, 0.05) is 37.0 Å². The van der Waals surface area contributed by atoms with Crippen molar-refractivity contribution < 1.29 is 14.3 Å². The van der Waals surface area contributed by atoms with Gasteiger partial charge in [0.05, 0.1) is 13.2 Å². The molecule has 0 saturated heterocycles. The average molecular weight is 366 g/mol. The highest BCUT2D eigenvalue weighted by atomic mass is 16.5. The first kappa shape index (κ1) is 17.8. The minimum atomic E-state index is 0.0642. The topological polar surface area (TPSA) is 51.7 Å². The van der Waals surface area contributed by atoms with E-state index in [1.165, 1.54) is 19.3 Å². The Morgan fingerprint density at radius 1 is 0.963 bits per heavy atom. The minimum Gasteiger partial charge on any atom is -0.490 e. The number of benzene rings is 1. The van der Waals surface area contributed by atoms with Gasteiger partial charge in [-0.15, -0.1) is 0 Å². The van der Waals surface area contributed by atoms with Crippen LogP contribution in [0.1, 0.15) is 54.4 Å². The van der Waals surface area contributed by atoms with E-state index >= 15 is 0 Å². The average Bonchev–Trinajstić information content (AvgIpc) is 2.98. The van der Waals surface area contributed by atoms with Crippen molar-refractivity contribution in [3.8, 4) is 11.5 Å². The molecule has 5 heteroatoms. The Bertz CT molecular complexity index is 772. The second-order valence-corrected chi connectivity index (χ2v) is 7.29. The monoisotopic (exact) mass is 366 g/mol. The van der Waals surface area contributed by atoms with Crippen LogP contribution in [0.3, 0.4) is 0 Å². The lowest BCUT2D eigenvalue weighted by Crippen LogP contribution is -2.41. The van der Waals surface area contributed by atoms with Crippen molar-refractivity contribution >= 4 is 5.91 Å². The standard InChI is InChI=1S/C22H26N2O3/c25-22(18-7-8-20-21(15-18)27-14-4-13-26-20)24(19-5-2-1-3-6-19)16-17-9-11-23-12-10-17/h7-12,15,19H,1-6,13-14,16H2. The molecule has 0 bridgehead atoms. The van der Waals surface area contributed by atoms with Crippen LogP contribution in [-0.2, 0) is 6.54 Å². The number of nitrogens with zero attached hydrogens (tertiary/aromatic N) is 2. The molecule has 4 rings (SSSR count). The van der Waals surface area contributed by atoms with E-state index in [-0.39, 0.29) is 11.9 Å². The molecule has 0 spiro atoms. The molecule has 27 heavy (non-hydrogen) atoms. The summed E-state index contributed by atoms with van der Waals surface area (Å²) in [5.74, 6) is 1.46. The van der Waals surface area contributed by atoms with Crippen LogP contribution in [0.25, 0.3) is 0 Å². The Morgan fingerprint density at radius 3 is 2.48 bits per heavy atom. The Morgan fingerprint density at radius 2 is 1.70 bits per heavy atom. The second kappa shape index (κ2) is 8.42. The molecule has 142 valence electrons. The number of aromatic nitrogens is 1. The number of ether oxygens (including phenoxy) is 2. The third-order valence-electron chi connectivity index (χ3n) is 5.37. The van der Waals surface area contributed by atoms with Crippen molar-refractivity contribution in [2.24, 2.45) is 0 Å². The van der Waals surface area contributed by atoms with E-state index in [1.54, 1.807) is 12.4 Å². The van der Waals surface area contributed by atoms with Crippen LogP contribution in [0, 0.1) is 0 Å². The molecule has 5 nitrogen and oxygen atoms in total. The number of fused-ring (bicyclic) bond motifs is 1. The van der Waals surface area contributed by atoms with Crippen LogP contribution in [0.2, 0.25) is 0 Å². The maximum Gasteiger partial charge on any atom is 0.254 e. The Hall–Kier alpha value is -2.56. The van der Waals surface area contributed by atoms with Gasteiger partial charge in [0.25, 0.3) is 5.91 Å². The summed E-state index contributed by atoms with van der Waals surface area (Å²) in [4.78, 5) is 19.6. The van der Waals surface area contributed by atoms with Crippen LogP contribution < -0.4 is 9.47 Å². The summed E-state index contributed by atoms with van der Waals surface area (Å²) < 4.78 is 11.5. The molecular weight excluding hydrogens is 340 g/mol. The molecule has 2 aromatic rings. The third-order valence-corrected chi connectivity index (χ3v) is 5.37. The first-order valence-corrected chi connectivity index (χ1v) is 9.91. The lowest BCUT2D eigenvalue weighted by Gasteiger charge is -2.34. The fourth-order valence-corrected chi connectivity index (χ4v) is 3.91. The molecule has 2 heterocycles. The summed E-state index contributed by atoms with van der Waals surface area (Å²) in [7, 11) is 0. The number of carbonyl (C=O) groups is 1. The van der Waals surface area contributed by atoms with Crippen molar-refractivity contribution in [3.63, 3.8) is 0 Å². The molecular formula is C22H26N2O3. The third kappa shape index (κ3) is 4.24. The van der Waals surface area contributed by atoms with Crippen LogP contribution in [0.4, 0.5) is 0 Å². The maximum atomic E-state index is 13.4. The van der Waals surface area contributed by atoms with E-state index in [2.05, 4.69) is 4.98 Å². The summed E-state index contributed by atoms with van der Waals surface area (Å²) in [5, 5.41) is 0. The number of carbonyl (C=O) groups excluding carboxylic acids is 1. The van der Waals surface area contributed by atoms with Crippen molar-refractivity contribution in [1.82, 2.24) is 9.88 Å². The Labute approximate surface area is 160 Å².